The van der Waals surface area contributed by atoms with Crippen LogP contribution in [0.15, 0.2) is 0 Å². The Labute approximate surface area is 78.9 Å². The SMILES string of the molecule is CC(C)P(C(C)C)C1CCCC1. The predicted molar refractivity (Wildman–Crippen MR) is 59.4 cm³/mol. The van der Waals surface area contributed by atoms with Gasteiger partial charge in [0.15, 0.2) is 0 Å². The molecule has 0 atom stereocenters. The Kier molecular flexibility index (Phi) is 4.03. The van der Waals surface area contributed by atoms with Crippen molar-refractivity contribution in [3.05, 3.63) is 0 Å². The average molecular weight is 186 g/mol. The zero-order chi connectivity index (χ0) is 9.14. The zero-order valence-electron chi connectivity index (χ0n) is 9.01. The van der Waals surface area contributed by atoms with Gasteiger partial charge in [-0.25, -0.2) is 0 Å². The van der Waals surface area contributed by atoms with E-state index in [1.165, 1.54) is 25.7 Å². The van der Waals surface area contributed by atoms with Gasteiger partial charge in [0.25, 0.3) is 0 Å². The Hall–Kier alpha value is 0.430. The quantitative estimate of drug-likeness (QED) is 0.579. The Balaban J connectivity index is 2.52. The molecule has 0 aromatic heterocycles. The normalized spacial score (nSPS) is 20.2. The maximum Gasteiger partial charge on any atom is -0.0205 e. The monoisotopic (exact) mass is 186 g/mol. The molecule has 1 aliphatic rings. The molecule has 1 aliphatic carbocycles. The van der Waals surface area contributed by atoms with E-state index in [0.717, 1.165) is 17.0 Å². The second kappa shape index (κ2) is 4.61. The topological polar surface area (TPSA) is 0 Å². The summed E-state index contributed by atoms with van der Waals surface area (Å²) in [5.74, 6) is 0. The second-order valence-corrected chi connectivity index (χ2v) is 8.26. The van der Waals surface area contributed by atoms with Crippen LogP contribution in [0.2, 0.25) is 0 Å². The molecule has 0 spiro atoms. The van der Waals surface area contributed by atoms with E-state index >= 15 is 0 Å². The number of hydrogen-bond donors (Lipinski definition) is 0. The molecule has 0 radical (unpaired) electrons. The standard InChI is InChI=1S/C11H23P/c1-9(2)12(10(3)4)11-7-5-6-8-11/h9-11H,5-8H2,1-4H3. The van der Waals surface area contributed by atoms with Crippen molar-refractivity contribution in [2.45, 2.75) is 70.4 Å². The van der Waals surface area contributed by atoms with Gasteiger partial charge in [0.1, 0.15) is 0 Å². The van der Waals surface area contributed by atoms with Gasteiger partial charge in [0.2, 0.25) is 0 Å². The predicted octanol–water partition coefficient (Wildman–Crippen LogP) is 4.23. The Bertz CT molecular complexity index is 115. The van der Waals surface area contributed by atoms with Gasteiger partial charge in [-0.2, -0.15) is 0 Å². The van der Waals surface area contributed by atoms with Gasteiger partial charge in [0.05, 0.1) is 0 Å². The van der Waals surface area contributed by atoms with E-state index in [-0.39, 0.29) is 0 Å². The summed E-state index contributed by atoms with van der Waals surface area (Å²) in [5.41, 5.74) is 3.01. The average Bonchev–Trinajstić information content (AvgIpc) is 2.37. The maximum absolute atomic E-state index is 2.42. The number of rotatable bonds is 3. The van der Waals surface area contributed by atoms with Gasteiger partial charge in [-0.05, 0) is 29.8 Å². The molecule has 0 heterocycles. The molecule has 0 bridgehead atoms. The third kappa shape index (κ3) is 2.46. The molecule has 0 aliphatic heterocycles. The van der Waals surface area contributed by atoms with Crippen LogP contribution in [0.3, 0.4) is 0 Å². The molecular formula is C11H23P. The smallest absolute Gasteiger partial charge is 0.0205 e. The molecule has 0 nitrogen and oxygen atoms in total. The molecule has 0 aromatic carbocycles. The van der Waals surface area contributed by atoms with Crippen LogP contribution in [0.5, 0.6) is 0 Å². The lowest BCUT2D eigenvalue weighted by molar-refractivity contribution is 0.848. The minimum absolute atomic E-state index is 0.320. The molecule has 0 unspecified atom stereocenters. The highest BCUT2D eigenvalue weighted by Crippen LogP contribution is 2.55. The molecule has 0 N–H and O–H groups in total. The summed E-state index contributed by atoms with van der Waals surface area (Å²) in [6.45, 7) is 9.68. The summed E-state index contributed by atoms with van der Waals surface area (Å²) in [7, 11) is 0.320. The van der Waals surface area contributed by atoms with Crippen LogP contribution in [-0.2, 0) is 0 Å². The molecule has 72 valence electrons. The fraction of sp³-hybridized carbons (Fsp3) is 1.00. The van der Waals surface area contributed by atoms with Crippen LogP contribution < -0.4 is 0 Å². The summed E-state index contributed by atoms with van der Waals surface area (Å²) in [6.07, 6.45) is 6.07. The van der Waals surface area contributed by atoms with Crippen LogP contribution in [0.4, 0.5) is 0 Å². The first-order valence-electron chi connectivity index (χ1n) is 5.40. The molecule has 12 heavy (non-hydrogen) atoms. The van der Waals surface area contributed by atoms with Crippen molar-refractivity contribution in [2.24, 2.45) is 0 Å². The highest BCUT2D eigenvalue weighted by molar-refractivity contribution is 7.59. The fourth-order valence-electron chi connectivity index (χ4n) is 2.64. The molecule has 1 fully saturated rings. The highest BCUT2D eigenvalue weighted by Gasteiger charge is 2.28. The first-order chi connectivity index (χ1) is 5.63. The van der Waals surface area contributed by atoms with Gasteiger partial charge in [-0.3, -0.25) is 0 Å². The summed E-state index contributed by atoms with van der Waals surface area (Å²) >= 11 is 0. The Morgan fingerprint density at radius 2 is 1.33 bits per heavy atom. The number of hydrogen-bond acceptors (Lipinski definition) is 0. The molecule has 1 rings (SSSR count). The second-order valence-electron chi connectivity index (χ2n) is 4.57. The van der Waals surface area contributed by atoms with Crippen LogP contribution in [0.1, 0.15) is 53.4 Å². The minimum atomic E-state index is 0.320. The lowest BCUT2D eigenvalue weighted by atomic mass is 10.4. The van der Waals surface area contributed by atoms with Gasteiger partial charge in [-0.15, -0.1) is 0 Å². The molecule has 0 aromatic rings. The van der Waals surface area contributed by atoms with Gasteiger partial charge >= 0.3 is 0 Å². The third-order valence-electron chi connectivity index (χ3n) is 2.94. The van der Waals surface area contributed by atoms with Crippen molar-refractivity contribution >= 4 is 7.92 Å². The summed E-state index contributed by atoms with van der Waals surface area (Å²) in [4.78, 5) is 0. The zero-order valence-corrected chi connectivity index (χ0v) is 9.90. The summed E-state index contributed by atoms with van der Waals surface area (Å²) in [5, 5.41) is 0. The van der Waals surface area contributed by atoms with Crippen LogP contribution >= 0.6 is 7.92 Å². The van der Waals surface area contributed by atoms with Gasteiger partial charge in [-0.1, -0.05) is 48.5 Å². The first-order valence-corrected chi connectivity index (χ1v) is 6.95. The van der Waals surface area contributed by atoms with Crippen LogP contribution in [0, 0.1) is 0 Å². The van der Waals surface area contributed by atoms with E-state index in [9.17, 15) is 0 Å². The molecule has 0 amide bonds. The lowest BCUT2D eigenvalue weighted by Crippen LogP contribution is -2.13. The van der Waals surface area contributed by atoms with Crippen molar-refractivity contribution in [3.63, 3.8) is 0 Å². The molecule has 1 heteroatoms. The van der Waals surface area contributed by atoms with E-state index in [1.54, 1.807) is 0 Å². The van der Waals surface area contributed by atoms with Gasteiger partial charge < -0.3 is 0 Å². The largest absolute Gasteiger partial charge is 0.0983 e. The van der Waals surface area contributed by atoms with Crippen LogP contribution in [-0.4, -0.2) is 17.0 Å². The van der Waals surface area contributed by atoms with Crippen molar-refractivity contribution in [3.8, 4) is 0 Å². The van der Waals surface area contributed by atoms with Crippen molar-refractivity contribution in [1.82, 2.24) is 0 Å². The van der Waals surface area contributed by atoms with Gasteiger partial charge in [0, 0.05) is 0 Å². The highest BCUT2D eigenvalue weighted by atomic mass is 31.1. The van der Waals surface area contributed by atoms with Crippen molar-refractivity contribution in [1.29, 1.82) is 0 Å². The van der Waals surface area contributed by atoms with Crippen LogP contribution in [0.25, 0.3) is 0 Å². The summed E-state index contributed by atoms with van der Waals surface area (Å²) in [6, 6.07) is 0. The fourth-order valence-corrected chi connectivity index (χ4v) is 6.48. The molecule has 0 saturated heterocycles. The Morgan fingerprint density at radius 3 is 1.67 bits per heavy atom. The molecule has 1 saturated carbocycles. The van der Waals surface area contributed by atoms with E-state index in [1.807, 2.05) is 0 Å². The van der Waals surface area contributed by atoms with E-state index in [0.29, 0.717) is 7.92 Å². The molecular weight excluding hydrogens is 163 g/mol. The minimum Gasteiger partial charge on any atom is -0.0983 e. The van der Waals surface area contributed by atoms with Crippen molar-refractivity contribution in [2.75, 3.05) is 0 Å². The van der Waals surface area contributed by atoms with Crippen molar-refractivity contribution < 1.29 is 0 Å². The lowest BCUT2D eigenvalue weighted by Gasteiger charge is -2.31. The van der Waals surface area contributed by atoms with E-state index in [4.69, 9.17) is 0 Å². The first kappa shape index (κ1) is 10.5. The Morgan fingerprint density at radius 1 is 0.917 bits per heavy atom. The maximum atomic E-state index is 2.42. The van der Waals surface area contributed by atoms with E-state index < -0.39 is 0 Å². The third-order valence-corrected chi connectivity index (χ3v) is 6.68. The summed E-state index contributed by atoms with van der Waals surface area (Å²) < 4.78 is 0. The van der Waals surface area contributed by atoms with E-state index in [2.05, 4.69) is 27.7 Å².